The van der Waals surface area contributed by atoms with Crippen molar-refractivity contribution in [1.29, 1.82) is 0 Å². The Morgan fingerprint density at radius 3 is 2.90 bits per heavy atom. The molecule has 0 saturated heterocycles. The molecule has 0 aliphatic rings. The van der Waals surface area contributed by atoms with Crippen molar-refractivity contribution < 1.29 is 9.52 Å². The topological polar surface area (TPSA) is 59.4 Å². The predicted molar refractivity (Wildman–Crippen MR) is 37.5 cm³/mol. The minimum atomic E-state index is -0.659. The molecule has 0 aliphatic heterocycles. The van der Waals surface area contributed by atoms with Crippen molar-refractivity contribution in [2.75, 3.05) is 6.54 Å². The van der Waals surface area contributed by atoms with Gasteiger partial charge < -0.3 is 15.3 Å². The molecule has 0 aromatic carbocycles. The van der Waals surface area contributed by atoms with Crippen molar-refractivity contribution in [2.45, 2.75) is 13.0 Å². The zero-order valence-electron chi connectivity index (χ0n) is 5.87. The van der Waals surface area contributed by atoms with Crippen LogP contribution in [0.3, 0.4) is 0 Å². The highest BCUT2D eigenvalue weighted by Gasteiger charge is 2.07. The van der Waals surface area contributed by atoms with Gasteiger partial charge in [-0.25, -0.2) is 0 Å². The highest BCUT2D eigenvalue weighted by Crippen LogP contribution is 2.13. The van der Waals surface area contributed by atoms with Crippen LogP contribution in [0, 0.1) is 6.92 Å². The van der Waals surface area contributed by atoms with Crippen molar-refractivity contribution in [1.82, 2.24) is 0 Å². The third-order valence-corrected chi connectivity index (χ3v) is 1.30. The lowest BCUT2D eigenvalue weighted by molar-refractivity contribution is 0.158. The van der Waals surface area contributed by atoms with Crippen LogP contribution in [0.1, 0.15) is 17.4 Å². The molecule has 56 valence electrons. The molecule has 3 nitrogen and oxygen atoms in total. The van der Waals surface area contributed by atoms with Crippen molar-refractivity contribution in [3.8, 4) is 0 Å². The first-order chi connectivity index (χ1) is 4.74. The van der Waals surface area contributed by atoms with Crippen LogP contribution >= 0.6 is 0 Å². The van der Waals surface area contributed by atoms with Crippen LogP contribution in [0.4, 0.5) is 0 Å². The molecule has 0 saturated carbocycles. The number of furan rings is 1. The fourth-order valence-corrected chi connectivity index (χ4v) is 0.744. The first-order valence-corrected chi connectivity index (χ1v) is 3.17. The van der Waals surface area contributed by atoms with Gasteiger partial charge in [-0.2, -0.15) is 0 Å². The lowest BCUT2D eigenvalue weighted by Crippen LogP contribution is -2.10. The number of aliphatic hydroxyl groups is 1. The van der Waals surface area contributed by atoms with Crippen LogP contribution < -0.4 is 5.73 Å². The Labute approximate surface area is 59.5 Å². The number of aryl methyl sites for hydroxylation is 1. The van der Waals surface area contributed by atoms with E-state index in [4.69, 9.17) is 15.3 Å². The van der Waals surface area contributed by atoms with E-state index in [1.807, 2.05) is 6.92 Å². The van der Waals surface area contributed by atoms with Gasteiger partial charge in [0, 0.05) is 6.54 Å². The Kier molecular flexibility index (Phi) is 2.09. The zero-order valence-corrected chi connectivity index (χ0v) is 5.87. The van der Waals surface area contributed by atoms with Crippen molar-refractivity contribution in [2.24, 2.45) is 5.73 Å². The maximum atomic E-state index is 9.12. The Bertz CT molecular complexity index is 207. The Morgan fingerprint density at radius 1 is 1.80 bits per heavy atom. The summed E-state index contributed by atoms with van der Waals surface area (Å²) in [5, 5.41) is 9.12. The lowest BCUT2D eigenvalue weighted by atomic mass is 10.2. The first kappa shape index (κ1) is 7.31. The summed E-state index contributed by atoms with van der Waals surface area (Å²) in [7, 11) is 0. The van der Waals surface area contributed by atoms with Crippen LogP contribution in [-0.4, -0.2) is 11.7 Å². The molecule has 0 amide bonds. The predicted octanol–water partition coefficient (Wildman–Crippen LogP) is 0.580. The van der Waals surface area contributed by atoms with Gasteiger partial charge in [0.1, 0.15) is 11.9 Å². The molecule has 0 bridgehead atoms. The number of aliphatic hydroxyl groups excluding tert-OH is 1. The quantitative estimate of drug-likeness (QED) is 0.633. The molecule has 1 atom stereocenters. The molecule has 1 heterocycles. The molecular formula is C7H11NO2. The fraction of sp³-hybridized carbons (Fsp3) is 0.429. The summed E-state index contributed by atoms with van der Waals surface area (Å²) in [6.45, 7) is 2.10. The van der Waals surface area contributed by atoms with E-state index in [0.29, 0.717) is 5.76 Å². The highest BCUT2D eigenvalue weighted by molar-refractivity contribution is 5.12. The molecule has 1 rings (SSSR count). The summed E-state index contributed by atoms with van der Waals surface area (Å²) < 4.78 is 4.99. The minimum Gasteiger partial charge on any atom is -0.466 e. The Hall–Kier alpha value is -0.800. The van der Waals surface area contributed by atoms with E-state index in [9.17, 15) is 0 Å². The summed E-state index contributed by atoms with van der Waals surface area (Å²) in [5.41, 5.74) is 6.21. The van der Waals surface area contributed by atoms with Gasteiger partial charge in [-0.05, 0) is 18.6 Å². The van der Waals surface area contributed by atoms with Crippen molar-refractivity contribution in [3.05, 3.63) is 23.7 Å². The molecule has 1 unspecified atom stereocenters. The summed E-state index contributed by atoms with van der Waals surface area (Å²) in [5.74, 6) is 0.542. The lowest BCUT2D eigenvalue weighted by Gasteiger charge is -2.00. The smallest absolute Gasteiger partial charge is 0.133 e. The van der Waals surface area contributed by atoms with Crippen LogP contribution in [0.15, 0.2) is 16.7 Å². The SMILES string of the molecule is Cc1coc(C(O)CN)c1. The summed E-state index contributed by atoms with van der Waals surface area (Å²) >= 11 is 0. The van der Waals surface area contributed by atoms with Crippen molar-refractivity contribution >= 4 is 0 Å². The van der Waals surface area contributed by atoms with E-state index < -0.39 is 6.10 Å². The Balaban J connectivity index is 2.74. The summed E-state index contributed by atoms with van der Waals surface area (Å²) in [4.78, 5) is 0. The monoisotopic (exact) mass is 141 g/mol. The van der Waals surface area contributed by atoms with Gasteiger partial charge >= 0.3 is 0 Å². The average Bonchev–Trinajstić information content (AvgIpc) is 2.34. The van der Waals surface area contributed by atoms with Gasteiger partial charge in [-0.1, -0.05) is 0 Å². The van der Waals surface area contributed by atoms with E-state index >= 15 is 0 Å². The molecule has 1 aromatic rings. The van der Waals surface area contributed by atoms with E-state index in [2.05, 4.69) is 0 Å². The van der Waals surface area contributed by atoms with Crippen LogP contribution in [0.5, 0.6) is 0 Å². The second kappa shape index (κ2) is 2.86. The molecule has 3 N–H and O–H groups in total. The maximum Gasteiger partial charge on any atom is 0.133 e. The van der Waals surface area contributed by atoms with E-state index in [-0.39, 0.29) is 6.54 Å². The van der Waals surface area contributed by atoms with E-state index in [1.165, 1.54) is 0 Å². The van der Waals surface area contributed by atoms with Crippen LogP contribution in [0.2, 0.25) is 0 Å². The Morgan fingerprint density at radius 2 is 2.50 bits per heavy atom. The molecular weight excluding hydrogens is 130 g/mol. The van der Waals surface area contributed by atoms with Gasteiger partial charge in [0.2, 0.25) is 0 Å². The number of rotatable bonds is 2. The summed E-state index contributed by atoms with van der Waals surface area (Å²) in [6, 6.07) is 1.78. The molecule has 0 spiro atoms. The highest BCUT2D eigenvalue weighted by atomic mass is 16.4. The second-order valence-corrected chi connectivity index (χ2v) is 2.28. The standard InChI is InChI=1S/C7H11NO2/c1-5-2-7(10-4-5)6(9)3-8/h2,4,6,9H,3,8H2,1H3. The van der Waals surface area contributed by atoms with E-state index in [1.54, 1.807) is 12.3 Å². The first-order valence-electron chi connectivity index (χ1n) is 3.17. The molecule has 0 aliphatic carbocycles. The second-order valence-electron chi connectivity index (χ2n) is 2.28. The normalized spacial score (nSPS) is 13.5. The molecule has 3 heteroatoms. The summed E-state index contributed by atoms with van der Waals surface area (Å²) in [6.07, 6.45) is 0.933. The van der Waals surface area contributed by atoms with Crippen LogP contribution in [0.25, 0.3) is 0 Å². The molecule has 0 fully saturated rings. The average molecular weight is 141 g/mol. The molecule has 10 heavy (non-hydrogen) atoms. The van der Waals surface area contributed by atoms with Gasteiger partial charge in [0.05, 0.1) is 6.26 Å². The fourth-order valence-electron chi connectivity index (χ4n) is 0.744. The van der Waals surface area contributed by atoms with E-state index in [0.717, 1.165) is 5.56 Å². The van der Waals surface area contributed by atoms with Crippen LogP contribution in [-0.2, 0) is 0 Å². The van der Waals surface area contributed by atoms with Gasteiger partial charge in [0.15, 0.2) is 0 Å². The van der Waals surface area contributed by atoms with Gasteiger partial charge in [0.25, 0.3) is 0 Å². The third kappa shape index (κ3) is 1.37. The van der Waals surface area contributed by atoms with Crippen molar-refractivity contribution in [3.63, 3.8) is 0 Å². The zero-order chi connectivity index (χ0) is 7.56. The minimum absolute atomic E-state index is 0.201. The number of hydrogen-bond acceptors (Lipinski definition) is 3. The third-order valence-electron chi connectivity index (χ3n) is 1.30. The number of hydrogen-bond donors (Lipinski definition) is 2. The number of nitrogens with two attached hydrogens (primary N) is 1. The molecule has 0 radical (unpaired) electrons. The maximum absolute atomic E-state index is 9.12. The molecule has 1 aromatic heterocycles. The largest absolute Gasteiger partial charge is 0.466 e. The van der Waals surface area contributed by atoms with Gasteiger partial charge in [-0.3, -0.25) is 0 Å². The van der Waals surface area contributed by atoms with Gasteiger partial charge in [-0.15, -0.1) is 0 Å².